The Morgan fingerprint density at radius 2 is 1.72 bits per heavy atom. The molecule has 0 unspecified atom stereocenters. The van der Waals surface area contributed by atoms with Crippen molar-refractivity contribution in [3.8, 4) is 5.75 Å². The summed E-state index contributed by atoms with van der Waals surface area (Å²) in [5.41, 5.74) is 2.05. The number of ether oxygens (including phenoxy) is 2. The highest BCUT2D eigenvalue weighted by Crippen LogP contribution is 2.18. The van der Waals surface area contributed by atoms with Gasteiger partial charge < -0.3 is 19.3 Å². The molecular formula is C21H24N2O5S. The molecule has 8 heteroatoms. The monoisotopic (exact) mass is 416 g/mol. The number of aryl methyl sites for hydroxylation is 2. The Labute approximate surface area is 173 Å². The van der Waals surface area contributed by atoms with Crippen molar-refractivity contribution < 1.29 is 23.9 Å². The van der Waals surface area contributed by atoms with Crippen LogP contribution in [0.1, 0.15) is 20.8 Å². The van der Waals surface area contributed by atoms with Crippen molar-refractivity contribution in [3.05, 3.63) is 51.7 Å². The summed E-state index contributed by atoms with van der Waals surface area (Å²) >= 11 is 1.41. The summed E-state index contributed by atoms with van der Waals surface area (Å²) < 4.78 is 10.5. The largest absolute Gasteiger partial charge is 0.482 e. The van der Waals surface area contributed by atoms with E-state index in [0.29, 0.717) is 36.8 Å². The first kappa shape index (κ1) is 20.9. The topological polar surface area (TPSA) is 76.2 Å². The van der Waals surface area contributed by atoms with Crippen LogP contribution in [0.5, 0.6) is 5.75 Å². The van der Waals surface area contributed by atoms with Gasteiger partial charge in [-0.05, 0) is 36.9 Å². The van der Waals surface area contributed by atoms with Crippen LogP contribution in [0.4, 0.5) is 0 Å². The van der Waals surface area contributed by atoms with Gasteiger partial charge in [0, 0.05) is 26.2 Å². The number of piperazine rings is 1. The number of carbonyl (C=O) groups is 3. The molecule has 0 N–H and O–H groups in total. The van der Waals surface area contributed by atoms with Crippen LogP contribution in [0.2, 0.25) is 0 Å². The summed E-state index contributed by atoms with van der Waals surface area (Å²) in [6.45, 7) is 5.08. The zero-order chi connectivity index (χ0) is 20.8. The third-order valence-electron chi connectivity index (χ3n) is 4.68. The molecule has 1 fully saturated rings. The van der Waals surface area contributed by atoms with Crippen LogP contribution in [0.15, 0.2) is 35.7 Å². The number of benzene rings is 1. The zero-order valence-corrected chi connectivity index (χ0v) is 17.4. The summed E-state index contributed by atoms with van der Waals surface area (Å²) in [5.74, 6) is -0.259. The second-order valence-electron chi connectivity index (χ2n) is 6.87. The fourth-order valence-corrected chi connectivity index (χ4v) is 3.78. The fourth-order valence-electron chi connectivity index (χ4n) is 3.09. The second kappa shape index (κ2) is 9.56. The van der Waals surface area contributed by atoms with Gasteiger partial charge in [-0.25, -0.2) is 4.79 Å². The van der Waals surface area contributed by atoms with Gasteiger partial charge in [-0.3, -0.25) is 9.59 Å². The van der Waals surface area contributed by atoms with E-state index >= 15 is 0 Å². The van der Waals surface area contributed by atoms with Gasteiger partial charge in [0.2, 0.25) is 0 Å². The molecule has 0 radical (unpaired) electrons. The Hall–Kier alpha value is -2.87. The van der Waals surface area contributed by atoms with E-state index in [1.54, 1.807) is 21.9 Å². The molecular weight excluding hydrogens is 392 g/mol. The maximum atomic E-state index is 12.3. The first-order valence-corrected chi connectivity index (χ1v) is 10.3. The number of carbonyl (C=O) groups excluding carboxylic acids is 3. The molecule has 1 aliphatic heterocycles. The van der Waals surface area contributed by atoms with Gasteiger partial charge >= 0.3 is 5.97 Å². The molecule has 1 aliphatic rings. The lowest BCUT2D eigenvalue weighted by molar-refractivity contribution is -0.154. The summed E-state index contributed by atoms with van der Waals surface area (Å²) in [5, 5.41) is 1.87. The van der Waals surface area contributed by atoms with Crippen molar-refractivity contribution in [2.24, 2.45) is 0 Å². The van der Waals surface area contributed by atoms with Gasteiger partial charge in [0.15, 0.2) is 13.2 Å². The molecule has 2 heterocycles. The van der Waals surface area contributed by atoms with Gasteiger partial charge in [-0.2, -0.15) is 0 Å². The SMILES string of the molecule is Cc1ccc(OCC(=O)OCC(=O)N2CCN(C(=O)c3cccs3)CC2)c(C)c1. The van der Waals surface area contributed by atoms with Crippen molar-refractivity contribution in [3.63, 3.8) is 0 Å². The average Bonchev–Trinajstić information content (AvgIpc) is 3.26. The molecule has 7 nitrogen and oxygen atoms in total. The second-order valence-corrected chi connectivity index (χ2v) is 7.82. The van der Waals surface area contributed by atoms with Crippen molar-refractivity contribution in [2.75, 3.05) is 39.4 Å². The minimum Gasteiger partial charge on any atom is -0.482 e. The maximum absolute atomic E-state index is 12.3. The van der Waals surface area contributed by atoms with E-state index in [1.165, 1.54) is 11.3 Å². The fraction of sp³-hybridized carbons (Fsp3) is 0.381. The number of rotatable bonds is 6. The molecule has 0 bridgehead atoms. The maximum Gasteiger partial charge on any atom is 0.344 e. The minimum atomic E-state index is -0.593. The van der Waals surface area contributed by atoms with Crippen LogP contribution in [0.3, 0.4) is 0 Å². The van der Waals surface area contributed by atoms with Crippen molar-refractivity contribution >= 4 is 29.1 Å². The number of hydrogen-bond acceptors (Lipinski definition) is 6. The Balaban J connectivity index is 1.38. The van der Waals surface area contributed by atoms with Crippen LogP contribution in [-0.2, 0) is 14.3 Å². The van der Waals surface area contributed by atoms with Crippen molar-refractivity contribution in [1.82, 2.24) is 9.80 Å². The summed E-state index contributed by atoms with van der Waals surface area (Å²) in [7, 11) is 0. The Morgan fingerprint density at radius 1 is 1.00 bits per heavy atom. The van der Waals surface area contributed by atoms with Crippen LogP contribution in [-0.4, -0.2) is 67.0 Å². The normalized spacial score (nSPS) is 13.9. The summed E-state index contributed by atoms with van der Waals surface area (Å²) in [6.07, 6.45) is 0. The summed E-state index contributed by atoms with van der Waals surface area (Å²) in [6, 6.07) is 9.31. The Kier molecular flexibility index (Phi) is 6.87. The molecule has 0 atom stereocenters. The van der Waals surface area contributed by atoms with E-state index in [0.717, 1.165) is 11.1 Å². The van der Waals surface area contributed by atoms with E-state index in [1.807, 2.05) is 37.4 Å². The van der Waals surface area contributed by atoms with E-state index in [-0.39, 0.29) is 25.0 Å². The van der Waals surface area contributed by atoms with Gasteiger partial charge in [0.25, 0.3) is 11.8 Å². The molecule has 0 spiro atoms. The lowest BCUT2D eigenvalue weighted by Gasteiger charge is -2.34. The molecule has 1 saturated heterocycles. The lowest BCUT2D eigenvalue weighted by Crippen LogP contribution is -2.51. The van der Waals surface area contributed by atoms with E-state index in [4.69, 9.17) is 9.47 Å². The van der Waals surface area contributed by atoms with E-state index in [9.17, 15) is 14.4 Å². The predicted octanol–water partition coefficient (Wildman–Crippen LogP) is 2.27. The van der Waals surface area contributed by atoms with Crippen LogP contribution < -0.4 is 4.74 Å². The highest BCUT2D eigenvalue weighted by atomic mass is 32.1. The molecule has 1 aromatic heterocycles. The van der Waals surface area contributed by atoms with Crippen LogP contribution >= 0.6 is 11.3 Å². The van der Waals surface area contributed by atoms with Gasteiger partial charge in [0.1, 0.15) is 5.75 Å². The number of thiophene rings is 1. The highest BCUT2D eigenvalue weighted by molar-refractivity contribution is 7.12. The minimum absolute atomic E-state index is 0.0120. The first-order chi connectivity index (χ1) is 13.9. The standard InChI is InChI=1S/C21H24N2O5S/c1-15-5-6-17(16(2)12-15)27-14-20(25)28-13-19(24)22-7-9-23(10-8-22)21(26)18-4-3-11-29-18/h3-6,11-12H,7-10,13-14H2,1-2H3. The van der Waals surface area contributed by atoms with Gasteiger partial charge in [-0.1, -0.05) is 23.8 Å². The molecule has 0 saturated carbocycles. The van der Waals surface area contributed by atoms with Crippen LogP contribution in [0, 0.1) is 13.8 Å². The Bertz CT molecular complexity index is 873. The van der Waals surface area contributed by atoms with Gasteiger partial charge in [-0.15, -0.1) is 11.3 Å². The third-order valence-corrected chi connectivity index (χ3v) is 5.54. The number of nitrogens with zero attached hydrogens (tertiary/aromatic N) is 2. The zero-order valence-electron chi connectivity index (χ0n) is 16.6. The molecule has 2 aromatic rings. The number of hydrogen-bond donors (Lipinski definition) is 0. The Morgan fingerprint density at radius 3 is 2.38 bits per heavy atom. The number of amides is 2. The molecule has 2 amide bonds. The smallest absolute Gasteiger partial charge is 0.344 e. The molecule has 1 aromatic carbocycles. The van der Waals surface area contributed by atoms with Crippen molar-refractivity contribution in [1.29, 1.82) is 0 Å². The summed E-state index contributed by atoms with van der Waals surface area (Å²) in [4.78, 5) is 40.5. The molecule has 3 rings (SSSR count). The lowest BCUT2D eigenvalue weighted by atomic mass is 10.1. The van der Waals surface area contributed by atoms with Gasteiger partial charge in [0.05, 0.1) is 4.88 Å². The molecule has 0 aliphatic carbocycles. The van der Waals surface area contributed by atoms with Crippen LogP contribution in [0.25, 0.3) is 0 Å². The van der Waals surface area contributed by atoms with E-state index in [2.05, 4.69) is 0 Å². The molecule has 154 valence electrons. The quantitative estimate of drug-likeness (QED) is 0.676. The predicted molar refractivity (Wildman–Crippen MR) is 109 cm³/mol. The average molecular weight is 416 g/mol. The highest BCUT2D eigenvalue weighted by Gasteiger charge is 2.25. The third kappa shape index (κ3) is 5.57. The van der Waals surface area contributed by atoms with Crippen molar-refractivity contribution in [2.45, 2.75) is 13.8 Å². The number of esters is 1. The molecule has 29 heavy (non-hydrogen) atoms. The van der Waals surface area contributed by atoms with E-state index < -0.39 is 5.97 Å². The first-order valence-electron chi connectivity index (χ1n) is 9.40.